The first kappa shape index (κ1) is 30.6. The maximum atomic E-state index is 13.6. The van der Waals surface area contributed by atoms with Crippen LogP contribution in [0.4, 0.5) is 4.79 Å². The number of aromatic nitrogens is 3. The summed E-state index contributed by atoms with van der Waals surface area (Å²) in [6, 6.07) is 0.0165. The second-order valence-electron chi connectivity index (χ2n) is 13.6. The van der Waals surface area contributed by atoms with E-state index in [2.05, 4.69) is 10.4 Å². The van der Waals surface area contributed by atoms with Gasteiger partial charge in [0.05, 0.1) is 5.69 Å². The number of aryl methyl sites for hydroxylation is 1. The molecule has 3 amide bonds. The normalized spacial score (nSPS) is 18.8. The number of nitrogens with one attached hydrogen (secondary N) is 1. The smallest absolute Gasteiger partial charge is 0.410 e. The lowest BCUT2D eigenvalue weighted by molar-refractivity contribution is -0.131. The molecule has 3 aliphatic rings. The Morgan fingerprint density at radius 3 is 2.42 bits per heavy atom. The van der Waals surface area contributed by atoms with Crippen LogP contribution >= 0.6 is 0 Å². The van der Waals surface area contributed by atoms with Gasteiger partial charge in [-0.3, -0.25) is 19.0 Å². The molecular weight excluding hydrogens is 552 g/mol. The van der Waals surface area contributed by atoms with Crippen LogP contribution in [0, 0.1) is 12.8 Å². The Morgan fingerprint density at radius 1 is 1.14 bits per heavy atom. The van der Waals surface area contributed by atoms with E-state index in [-0.39, 0.29) is 35.1 Å². The Kier molecular flexibility index (Phi) is 8.08. The Bertz CT molecular complexity index is 1520. The molecule has 2 N–H and O–H groups in total. The maximum Gasteiger partial charge on any atom is 0.410 e. The van der Waals surface area contributed by atoms with Crippen molar-refractivity contribution < 1.29 is 24.2 Å². The summed E-state index contributed by atoms with van der Waals surface area (Å²) in [7, 11) is 0. The largest absolute Gasteiger partial charge is 0.494 e. The summed E-state index contributed by atoms with van der Waals surface area (Å²) in [5, 5.41) is 18.4. The van der Waals surface area contributed by atoms with Crippen LogP contribution < -0.4 is 10.9 Å². The van der Waals surface area contributed by atoms with E-state index in [1.54, 1.807) is 22.5 Å². The molecule has 0 bridgehead atoms. The molecule has 5 rings (SSSR count). The molecule has 1 spiro atoms. The van der Waals surface area contributed by atoms with Crippen LogP contribution in [0.3, 0.4) is 0 Å². The van der Waals surface area contributed by atoms with Crippen molar-refractivity contribution >= 4 is 29.6 Å². The molecule has 1 aliphatic carbocycles. The predicted octanol–water partition coefficient (Wildman–Crippen LogP) is 3.46. The highest BCUT2D eigenvalue weighted by atomic mass is 16.6. The van der Waals surface area contributed by atoms with Gasteiger partial charge in [0.2, 0.25) is 11.8 Å². The Labute approximate surface area is 251 Å². The van der Waals surface area contributed by atoms with Gasteiger partial charge in [-0.05, 0) is 78.2 Å². The average Bonchev–Trinajstić information content (AvgIpc) is 3.54. The molecule has 1 saturated carbocycles. The number of ether oxygens (including phenoxy) is 1. The number of amides is 3. The summed E-state index contributed by atoms with van der Waals surface area (Å²) in [6.07, 6.45) is 7.63. The molecule has 2 aromatic rings. The third-order valence-electron chi connectivity index (χ3n) is 8.51. The van der Waals surface area contributed by atoms with Crippen LogP contribution in [-0.2, 0) is 16.1 Å². The van der Waals surface area contributed by atoms with E-state index in [0.717, 1.165) is 30.2 Å². The minimum absolute atomic E-state index is 0.0165. The zero-order valence-electron chi connectivity index (χ0n) is 26.1. The summed E-state index contributed by atoms with van der Waals surface area (Å²) in [6.45, 7) is 13.2. The van der Waals surface area contributed by atoms with Gasteiger partial charge in [-0.1, -0.05) is 13.8 Å². The minimum Gasteiger partial charge on any atom is -0.494 e. The Balaban J connectivity index is 1.42. The van der Waals surface area contributed by atoms with Gasteiger partial charge in [-0.2, -0.15) is 9.61 Å². The van der Waals surface area contributed by atoms with Gasteiger partial charge in [0.25, 0.3) is 11.5 Å². The van der Waals surface area contributed by atoms with Gasteiger partial charge in [-0.15, -0.1) is 0 Å². The van der Waals surface area contributed by atoms with E-state index in [1.807, 2.05) is 39.5 Å². The SMILES string of the molecule is Cc1nn2c(=O)c(C(=O)NC3CC3)c(O)n(CC(C)C)c2c1/C=C/C(=O)N1CCCC12CCN(C(=O)OC(C)(C)C)CC2. The highest BCUT2D eigenvalue weighted by molar-refractivity contribution is 5.97. The fourth-order valence-electron chi connectivity index (χ4n) is 6.26. The molecule has 0 aromatic carbocycles. The lowest BCUT2D eigenvalue weighted by Gasteiger charge is -2.44. The Hall–Kier alpha value is -3.83. The number of aromatic hydroxyl groups is 1. The number of rotatable bonds is 6. The average molecular weight is 597 g/mol. The molecule has 234 valence electrons. The van der Waals surface area contributed by atoms with Crippen molar-refractivity contribution in [3.63, 3.8) is 0 Å². The quantitative estimate of drug-likeness (QED) is 0.487. The van der Waals surface area contributed by atoms with E-state index < -0.39 is 22.9 Å². The standard InChI is InChI=1S/C31H44N6O6/c1-19(2)18-35-26-22(20(3)33-37(26)28(41)24(27(35)40)25(39)32-21-8-9-21)10-11-23(38)36-15-7-12-31(36)13-16-34(17-14-31)29(42)43-30(4,5)6/h10-11,19,21,40H,7-9,12-18H2,1-6H3,(H,32,39)/b11-10+. The zero-order valence-corrected chi connectivity index (χ0v) is 26.1. The van der Waals surface area contributed by atoms with Gasteiger partial charge in [-0.25, -0.2) is 4.79 Å². The van der Waals surface area contributed by atoms with Crippen LogP contribution in [0.2, 0.25) is 0 Å². The van der Waals surface area contributed by atoms with Gasteiger partial charge in [0, 0.05) is 49.4 Å². The molecule has 2 saturated heterocycles. The maximum absolute atomic E-state index is 13.6. The molecule has 2 aliphatic heterocycles. The molecule has 0 unspecified atom stereocenters. The van der Waals surface area contributed by atoms with Crippen molar-refractivity contribution in [2.45, 2.75) is 104 Å². The molecular formula is C31H44N6O6. The fourth-order valence-corrected chi connectivity index (χ4v) is 6.26. The molecule has 3 fully saturated rings. The number of hydrogen-bond donors (Lipinski definition) is 2. The van der Waals surface area contributed by atoms with E-state index in [9.17, 15) is 24.3 Å². The minimum atomic E-state index is -0.699. The highest BCUT2D eigenvalue weighted by Crippen LogP contribution is 2.39. The van der Waals surface area contributed by atoms with Crippen molar-refractivity contribution in [2.75, 3.05) is 19.6 Å². The van der Waals surface area contributed by atoms with Crippen LogP contribution in [0.1, 0.15) is 94.8 Å². The summed E-state index contributed by atoms with van der Waals surface area (Å²) in [5.74, 6) is -1.08. The van der Waals surface area contributed by atoms with E-state index >= 15 is 0 Å². The lowest BCUT2D eigenvalue weighted by atomic mass is 9.85. The number of nitrogens with zero attached hydrogens (tertiary/aromatic N) is 5. The molecule has 12 heteroatoms. The highest BCUT2D eigenvalue weighted by Gasteiger charge is 2.46. The molecule has 0 radical (unpaired) electrons. The van der Waals surface area contributed by atoms with Crippen molar-refractivity contribution in [1.82, 2.24) is 29.3 Å². The van der Waals surface area contributed by atoms with Crippen molar-refractivity contribution in [3.05, 3.63) is 33.3 Å². The van der Waals surface area contributed by atoms with Crippen LogP contribution in [0.15, 0.2) is 10.9 Å². The van der Waals surface area contributed by atoms with Gasteiger partial charge in [0.15, 0.2) is 5.56 Å². The van der Waals surface area contributed by atoms with E-state index in [0.29, 0.717) is 55.9 Å². The van der Waals surface area contributed by atoms with E-state index in [4.69, 9.17) is 4.74 Å². The monoisotopic (exact) mass is 596 g/mol. The summed E-state index contributed by atoms with van der Waals surface area (Å²) in [4.78, 5) is 56.2. The van der Waals surface area contributed by atoms with E-state index in [1.165, 1.54) is 6.08 Å². The van der Waals surface area contributed by atoms with Crippen molar-refractivity contribution in [1.29, 1.82) is 0 Å². The third-order valence-corrected chi connectivity index (χ3v) is 8.51. The fraction of sp³-hybridized carbons (Fsp3) is 0.645. The van der Waals surface area contributed by atoms with Gasteiger partial charge < -0.3 is 25.0 Å². The summed E-state index contributed by atoms with van der Waals surface area (Å²) in [5.41, 5.74) is -0.547. The first-order chi connectivity index (χ1) is 20.2. The molecule has 2 aromatic heterocycles. The van der Waals surface area contributed by atoms with Crippen molar-refractivity contribution in [2.24, 2.45) is 5.92 Å². The van der Waals surface area contributed by atoms with Crippen LogP contribution in [-0.4, -0.2) is 83.8 Å². The zero-order chi connectivity index (χ0) is 31.3. The number of likely N-dealkylation sites (tertiary alicyclic amines) is 2. The second kappa shape index (κ2) is 11.3. The van der Waals surface area contributed by atoms with Crippen LogP contribution in [0.25, 0.3) is 11.7 Å². The lowest BCUT2D eigenvalue weighted by Crippen LogP contribution is -2.55. The number of fused-ring (bicyclic) bond motifs is 1. The number of hydrogen-bond acceptors (Lipinski definition) is 7. The molecule has 43 heavy (non-hydrogen) atoms. The molecule has 4 heterocycles. The number of carbonyl (C=O) groups is 3. The van der Waals surface area contributed by atoms with Crippen molar-refractivity contribution in [3.8, 4) is 5.88 Å². The number of piperidine rings is 1. The van der Waals surface area contributed by atoms with Gasteiger partial charge >= 0.3 is 6.09 Å². The first-order valence-corrected chi connectivity index (χ1v) is 15.3. The molecule has 0 atom stereocenters. The topological polar surface area (TPSA) is 138 Å². The summed E-state index contributed by atoms with van der Waals surface area (Å²) >= 11 is 0. The first-order valence-electron chi connectivity index (χ1n) is 15.3. The van der Waals surface area contributed by atoms with Gasteiger partial charge in [0.1, 0.15) is 11.2 Å². The van der Waals surface area contributed by atoms with Crippen LogP contribution in [0.5, 0.6) is 5.88 Å². The number of carbonyl (C=O) groups excluding carboxylic acids is 3. The summed E-state index contributed by atoms with van der Waals surface area (Å²) < 4.78 is 8.25. The predicted molar refractivity (Wildman–Crippen MR) is 161 cm³/mol. The Morgan fingerprint density at radius 2 is 1.81 bits per heavy atom. The second-order valence-corrected chi connectivity index (χ2v) is 13.6. The molecule has 12 nitrogen and oxygen atoms in total. The third kappa shape index (κ3) is 6.14.